The molecule has 5 rings (SSSR count). The van der Waals surface area contributed by atoms with Crippen molar-refractivity contribution in [1.82, 2.24) is 9.88 Å². The van der Waals surface area contributed by atoms with Gasteiger partial charge in [-0.25, -0.2) is 0 Å². The van der Waals surface area contributed by atoms with Crippen molar-refractivity contribution in [2.24, 2.45) is 11.8 Å². The lowest BCUT2D eigenvalue weighted by atomic mass is 9.71. The highest BCUT2D eigenvalue weighted by atomic mass is 16.3. The van der Waals surface area contributed by atoms with Crippen LogP contribution in [0.4, 0.5) is 0 Å². The van der Waals surface area contributed by atoms with Gasteiger partial charge in [-0.05, 0) is 61.3 Å². The van der Waals surface area contributed by atoms with Crippen molar-refractivity contribution >= 4 is 10.9 Å². The lowest BCUT2D eigenvalue weighted by molar-refractivity contribution is 0.000713. The van der Waals surface area contributed by atoms with Gasteiger partial charge in [0, 0.05) is 36.2 Å². The number of piperidine rings is 2. The predicted molar refractivity (Wildman–Crippen MR) is 90.2 cm³/mol. The summed E-state index contributed by atoms with van der Waals surface area (Å²) in [6.45, 7) is 4.81. The number of rotatable bonds is 4. The molecule has 2 bridgehead atoms. The molecule has 1 aliphatic carbocycles. The molecule has 3 heterocycles. The summed E-state index contributed by atoms with van der Waals surface area (Å²) in [4.78, 5) is 6.07. The van der Waals surface area contributed by atoms with E-state index in [9.17, 15) is 5.11 Å². The fourth-order valence-electron chi connectivity index (χ4n) is 4.79. The van der Waals surface area contributed by atoms with Gasteiger partial charge >= 0.3 is 0 Å². The summed E-state index contributed by atoms with van der Waals surface area (Å²) in [7, 11) is 0. The molecule has 3 heteroatoms. The maximum Gasteiger partial charge on any atom is 0.116 e. The van der Waals surface area contributed by atoms with Gasteiger partial charge in [0.2, 0.25) is 0 Å². The first kappa shape index (κ1) is 14.1. The molecule has 3 atom stereocenters. The van der Waals surface area contributed by atoms with Crippen LogP contribution in [-0.2, 0) is 6.42 Å². The van der Waals surface area contributed by atoms with E-state index in [0.717, 1.165) is 36.4 Å². The fraction of sp³-hybridized carbons (Fsp3) is 0.579. The van der Waals surface area contributed by atoms with Crippen molar-refractivity contribution in [3.63, 3.8) is 0 Å². The second-order valence-electron chi connectivity index (χ2n) is 7.20. The summed E-state index contributed by atoms with van der Waals surface area (Å²) < 4.78 is 0. The van der Waals surface area contributed by atoms with Gasteiger partial charge in [0.1, 0.15) is 5.75 Å². The van der Waals surface area contributed by atoms with Crippen LogP contribution in [0.1, 0.15) is 38.2 Å². The molecule has 3 unspecified atom stereocenters. The molecule has 0 spiro atoms. The molecule has 3 aliphatic rings. The van der Waals surface area contributed by atoms with E-state index in [4.69, 9.17) is 0 Å². The average molecular weight is 298 g/mol. The molecule has 1 aromatic heterocycles. The molecule has 0 radical (unpaired) electrons. The lowest BCUT2D eigenvalue weighted by Crippen LogP contribution is -2.53. The molecule has 22 heavy (non-hydrogen) atoms. The quantitative estimate of drug-likeness (QED) is 0.898. The molecule has 2 saturated heterocycles. The number of benzene rings is 1. The summed E-state index contributed by atoms with van der Waals surface area (Å²) in [5, 5.41) is 10.9. The average Bonchev–Trinajstić information content (AvgIpc) is 2.95. The van der Waals surface area contributed by atoms with Crippen LogP contribution in [0.25, 0.3) is 10.9 Å². The number of nitrogens with zero attached hydrogens (tertiary/aromatic N) is 1. The van der Waals surface area contributed by atoms with Crippen LogP contribution in [0.5, 0.6) is 5.75 Å². The molecule has 2 aliphatic heterocycles. The third kappa shape index (κ3) is 2.41. The maximum absolute atomic E-state index is 9.72. The third-order valence-corrected chi connectivity index (χ3v) is 5.96. The Morgan fingerprint density at radius 1 is 1.32 bits per heavy atom. The number of hydrogen-bond acceptors (Lipinski definition) is 2. The Morgan fingerprint density at radius 2 is 2.23 bits per heavy atom. The Balaban J connectivity index is 1.49. The van der Waals surface area contributed by atoms with Gasteiger partial charge in [-0.15, -0.1) is 0 Å². The molecular weight excluding hydrogens is 272 g/mol. The summed E-state index contributed by atoms with van der Waals surface area (Å²) in [6, 6.07) is 6.41. The predicted octanol–water partition coefficient (Wildman–Crippen LogP) is 3.93. The van der Waals surface area contributed by atoms with E-state index in [0.29, 0.717) is 5.75 Å². The number of fused-ring (bicyclic) bond motifs is 4. The second kappa shape index (κ2) is 5.62. The zero-order valence-corrected chi connectivity index (χ0v) is 13.4. The topological polar surface area (TPSA) is 39.3 Å². The molecule has 2 aromatic rings. The van der Waals surface area contributed by atoms with Gasteiger partial charge in [0.15, 0.2) is 0 Å². The Labute approximate surface area is 132 Å². The number of H-pyrrole nitrogens is 1. The molecule has 1 aromatic carbocycles. The second-order valence-corrected chi connectivity index (χ2v) is 7.20. The Hall–Kier alpha value is -1.48. The summed E-state index contributed by atoms with van der Waals surface area (Å²) in [5.41, 5.74) is 2.46. The summed E-state index contributed by atoms with van der Waals surface area (Å²) in [5.74, 6) is 2.21. The highest BCUT2D eigenvalue weighted by Gasteiger charge is 2.39. The number of phenols is 1. The van der Waals surface area contributed by atoms with Crippen LogP contribution in [0.15, 0.2) is 24.4 Å². The van der Waals surface area contributed by atoms with E-state index >= 15 is 0 Å². The first-order valence-electron chi connectivity index (χ1n) is 8.77. The number of phenolic OH excluding ortho intramolecular Hbond substituents is 1. The van der Waals surface area contributed by atoms with Crippen molar-refractivity contribution in [2.75, 3.05) is 13.1 Å². The van der Waals surface area contributed by atoms with Gasteiger partial charge in [-0.3, -0.25) is 4.90 Å². The van der Waals surface area contributed by atoms with E-state index in [1.54, 1.807) is 6.07 Å². The first-order chi connectivity index (χ1) is 10.7. The maximum atomic E-state index is 9.72. The molecule has 2 N–H and O–H groups in total. The van der Waals surface area contributed by atoms with Crippen molar-refractivity contribution in [2.45, 2.75) is 45.1 Å². The molecule has 118 valence electrons. The van der Waals surface area contributed by atoms with Crippen molar-refractivity contribution < 1.29 is 5.11 Å². The monoisotopic (exact) mass is 298 g/mol. The van der Waals surface area contributed by atoms with E-state index in [1.165, 1.54) is 43.2 Å². The van der Waals surface area contributed by atoms with E-state index in [1.807, 2.05) is 12.1 Å². The summed E-state index contributed by atoms with van der Waals surface area (Å²) in [6.07, 6.45) is 8.82. The normalized spacial score (nSPS) is 28.5. The number of hydrogen-bond donors (Lipinski definition) is 2. The molecule has 3 fully saturated rings. The summed E-state index contributed by atoms with van der Waals surface area (Å²) >= 11 is 0. The highest BCUT2D eigenvalue weighted by Crippen LogP contribution is 2.40. The zero-order chi connectivity index (χ0) is 15.1. The molecule has 3 nitrogen and oxygen atoms in total. The van der Waals surface area contributed by atoms with E-state index in [2.05, 4.69) is 23.0 Å². The highest BCUT2D eigenvalue weighted by molar-refractivity contribution is 5.84. The fourth-order valence-corrected chi connectivity index (χ4v) is 4.79. The van der Waals surface area contributed by atoms with Crippen molar-refractivity contribution in [1.29, 1.82) is 0 Å². The lowest BCUT2D eigenvalue weighted by Gasteiger charge is -2.50. The first-order valence-corrected chi connectivity index (χ1v) is 8.77. The number of aromatic nitrogens is 1. The zero-order valence-electron chi connectivity index (χ0n) is 13.4. The van der Waals surface area contributed by atoms with Crippen LogP contribution in [-0.4, -0.2) is 34.1 Å². The minimum absolute atomic E-state index is 0.358. The van der Waals surface area contributed by atoms with Gasteiger partial charge in [-0.2, -0.15) is 0 Å². The van der Waals surface area contributed by atoms with E-state index in [-0.39, 0.29) is 0 Å². The van der Waals surface area contributed by atoms with Crippen LogP contribution < -0.4 is 0 Å². The largest absolute Gasteiger partial charge is 0.508 e. The van der Waals surface area contributed by atoms with Gasteiger partial charge < -0.3 is 10.1 Å². The smallest absolute Gasteiger partial charge is 0.116 e. The third-order valence-electron chi connectivity index (χ3n) is 5.96. The Bertz CT molecular complexity index is 662. The minimum atomic E-state index is 0.358. The van der Waals surface area contributed by atoms with Crippen molar-refractivity contribution in [3.05, 3.63) is 30.0 Å². The molecule has 0 amide bonds. The Kier molecular flexibility index (Phi) is 3.61. The minimum Gasteiger partial charge on any atom is -0.508 e. The standard InChI is InChI=1S/C19H26N2O/c1-2-14-9-13-3-6-19(14)21(12-13)8-7-15-11-20-18-5-4-16(22)10-17(15)18/h4-5,10-11,13-14,19-20,22H,2-3,6-9,12H2,1H3. The van der Waals surface area contributed by atoms with Gasteiger partial charge in [0.25, 0.3) is 0 Å². The van der Waals surface area contributed by atoms with Crippen LogP contribution >= 0.6 is 0 Å². The van der Waals surface area contributed by atoms with E-state index < -0.39 is 0 Å². The van der Waals surface area contributed by atoms with Crippen LogP contribution in [0, 0.1) is 11.8 Å². The van der Waals surface area contributed by atoms with Crippen LogP contribution in [0.3, 0.4) is 0 Å². The van der Waals surface area contributed by atoms with Gasteiger partial charge in [0.05, 0.1) is 0 Å². The number of aromatic amines is 1. The van der Waals surface area contributed by atoms with Crippen LogP contribution in [0.2, 0.25) is 0 Å². The molecular formula is C19H26N2O. The number of nitrogens with one attached hydrogen (secondary N) is 1. The Morgan fingerprint density at radius 3 is 3.05 bits per heavy atom. The SMILES string of the molecule is CCC1CC2CCC1N(CCc1c[nH]c3ccc(O)cc13)C2. The molecule has 1 saturated carbocycles. The van der Waals surface area contributed by atoms with Gasteiger partial charge in [-0.1, -0.05) is 13.3 Å². The number of aromatic hydroxyl groups is 1. The van der Waals surface area contributed by atoms with Crippen molar-refractivity contribution in [3.8, 4) is 5.75 Å².